The lowest BCUT2D eigenvalue weighted by Gasteiger charge is -2.33. The van der Waals surface area contributed by atoms with E-state index in [1.165, 1.54) is 58.2 Å². The largest absolute Gasteiger partial charge is 0.312 e. The smallest absolute Gasteiger partial charge is 0.0235 e. The third-order valence-corrected chi connectivity index (χ3v) is 5.13. The van der Waals surface area contributed by atoms with E-state index in [0.29, 0.717) is 0 Å². The van der Waals surface area contributed by atoms with Crippen LogP contribution in [0.1, 0.15) is 45.4 Å². The van der Waals surface area contributed by atoms with E-state index in [0.717, 1.165) is 23.9 Å². The van der Waals surface area contributed by atoms with Crippen LogP contribution >= 0.6 is 0 Å². The Hall–Kier alpha value is -0.0800. The highest BCUT2D eigenvalue weighted by Crippen LogP contribution is 2.32. The lowest BCUT2D eigenvalue weighted by atomic mass is 9.87. The van der Waals surface area contributed by atoms with Gasteiger partial charge in [0.15, 0.2) is 0 Å². The summed E-state index contributed by atoms with van der Waals surface area (Å²) in [5.41, 5.74) is 0. The van der Waals surface area contributed by atoms with E-state index < -0.39 is 0 Å². The Morgan fingerprint density at radius 2 is 1.81 bits per heavy atom. The van der Waals surface area contributed by atoms with Gasteiger partial charge in [-0.05, 0) is 56.9 Å². The fourth-order valence-corrected chi connectivity index (χ4v) is 3.99. The van der Waals surface area contributed by atoms with Gasteiger partial charge in [0.25, 0.3) is 0 Å². The number of piperidine rings is 1. The van der Waals surface area contributed by atoms with Crippen molar-refractivity contribution in [3.05, 3.63) is 0 Å². The Kier molecular flexibility index (Phi) is 3.21. The normalized spacial score (nSPS) is 45.6. The van der Waals surface area contributed by atoms with Crippen LogP contribution in [0.15, 0.2) is 0 Å². The topological polar surface area (TPSA) is 15.3 Å². The van der Waals surface area contributed by atoms with Crippen molar-refractivity contribution in [1.82, 2.24) is 10.2 Å². The molecule has 0 aromatic rings. The van der Waals surface area contributed by atoms with Crippen molar-refractivity contribution in [2.45, 2.75) is 57.5 Å². The van der Waals surface area contributed by atoms with Gasteiger partial charge in [0.1, 0.15) is 0 Å². The van der Waals surface area contributed by atoms with E-state index in [1.807, 2.05) is 0 Å². The molecule has 0 bridgehead atoms. The van der Waals surface area contributed by atoms with Gasteiger partial charge in [0.2, 0.25) is 0 Å². The third-order valence-electron chi connectivity index (χ3n) is 5.13. The molecule has 1 saturated carbocycles. The van der Waals surface area contributed by atoms with E-state index in [9.17, 15) is 0 Å². The molecule has 1 N–H and O–H groups in total. The number of hydrogen-bond donors (Lipinski definition) is 1. The minimum atomic E-state index is 0.827. The van der Waals surface area contributed by atoms with E-state index in [2.05, 4.69) is 17.1 Å². The lowest BCUT2D eigenvalue weighted by molar-refractivity contribution is 0.163. The summed E-state index contributed by atoms with van der Waals surface area (Å²) in [4.78, 5) is 2.81. The first-order valence-corrected chi connectivity index (χ1v) is 7.30. The Bertz CT molecular complexity index is 219. The molecular formula is C14H26N2. The van der Waals surface area contributed by atoms with Gasteiger partial charge in [0, 0.05) is 25.2 Å². The van der Waals surface area contributed by atoms with Gasteiger partial charge in [-0.25, -0.2) is 0 Å². The minimum absolute atomic E-state index is 0.827. The van der Waals surface area contributed by atoms with Crippen LogP contribution in [0.5, 0.6) is 0 Å². The molecule has 0 spiro atoms. The molecule has 3 rings (SSSR count). The maximum atomic E-state index is 3.72. The molecule has 2 heteroatoms. The Labute approximate surface area is 99.8 Å². The third kappa shape index (κ3) is 2.14. The summed E-state index contributed by atoms with van der Waals surface area (Å²) in [6.45, 7) is 6.40. The summed E-state index contributed by atoms with van der Waals surface area (Å²) in [6, 6.07) is 1.75. The van der Waals surface area contributed by atoms with Crippen LogP contribution in [0, 0.1) is 11.8 Å². The monoisotopic (exact) mass is 222 g/mol. The van der Waals surface area contributed by atoms with Gasteiger partial charge in [-0.15, -0.1) is 0 Å². The van der Waals surface area contributed by atoms with Crippen LogP contribution in [-0.4, -0.2) is 36.6 Å². The SMILES string of the molecule is CC1CCC(N2C[C@@H]3CCCN[C@@H]3C2)CC1. The second kappa shape index (κ2) is 4.66. The molecule has 3 fully saturated rings. The number of hydrogen-bond acceptors (Lipinski definition) is 2. The molecule has 3 aliphatic rings. The van der Waals surface area contributed by atoms with Crippen LogP contribution in [0.3, 0.4) is 0 Å². The summed E-state index contributed by atoms with van der Waals surface area (Å²) in [7, 11) is 0. The first-order chi connectivity index (χ1) is 7.83. The highest BCUT2D eigenvalue weighted by atomic mass is 15.2. The second-order valence-electron chi connectivity index (χ2n) is 6.33. The maximum absolute atomic E-state index is 3.72. The fourth-order valence-electron chi connectivity index (χ4n) is 3.99. The molecule has 92 valence electrons. The van der Waals surface area contributed by atoms with Gasteiger partial charge in [-0.2, -0.15) is 0 Å². The standard InChI is InChI=1S/C14H26N2/c1-11-4-6-13(7-5-11)16-9-12-3-2-8-15-14(12)10-16/h11-15H,2-10H2,1H3/t11?,12-,13?,14+/m0/s1. The van der Waals surface area contributed by atoms with Crippen molar-refractivity contribution in [2.24, 2.45) is 11.8 Å². The zero-order chi connectivity index (χ0) is 11.0. The molecule has 16 heavy (non-hydrogen) atoms. The summed E-state index contributed by atoms with van der Waals surface area (Å²) in [5.74, 6) is 1.95. The van der Waals surface area contributed by atoms with Crippen molar-refractivity contribution in [3.8, 4) is 0 Å². The first kappa shape index (κ1) is 11.0. The number of nitrogens with one attached hydrogen (secondary N) is 1. The molecule has 2 saturated heterocycles. The van der Waals surface area contributed by atoms with E-state index >= 15 is 0 Å². The molecule has 0 radical (unpaired) electrons. The average molecular weight is 222 g/mol. The molecule has 0 aromatic carbocycles. The van der Waals surface area contributed by atoms with Gasteiger partial charge in [0.05, 0.1) is 0 Å². The number of rotatable bonds is 1. The molecule has 2 nitrogen and oxygen atoms in total. The van der Waals surface area contributed by atoms with Crippen molar-refractivity contribution in [2.75, 3.05) is 19.6 Å². The average Bonchev–Trinajstić information content (AvgIpc) is 2.73. The van der Waals surface area contributed by atoms with Crippen LogP contribution in [0.4, 0.5) is 0 Å². The van der Waals surface area contributed by atoms with Crippen molar-refractivity contribution >= 4 is 0 Å². The Morgan fingerprint density at radius 3 is 2.56 bits per heavy atom. The first-order valence-electron chi connectivity index (χ1n) is 7.30. The highest BCUT2D eigenvalue weighted by Gasteiger charge is 2.37. The zero-order valence-electron chi connectivity index (χ0n) is 10.6. The van der Waals surface area contributed by atoms with Gasteiger partial charge in [-0.3, -0.25) is 4.90 Å². The van der Waals surface area contributed by atoms with E-state index in [1.54, 1.807) is 0 Å². The van der Waals surface area contributed by atoms with E-state index in [-0.39, 0.29) is 0 Å². The summed E-state index contributed by atoms with van der Waals surface area (Å²) < 4.78 is 0. The zero-order valence-corrected chi connectivity index (χ0v) is 10.6. The number of nitrogens with zero attached hydrogens (tertiary/aromatic N) is 1. The summed E-state index contributed by atoms with van der Waals surface area (Å²) >= 11 is 0. The van der Waals surface area contributed by atoms with Gasteiger partial charge in [-0.1, -0.05) is 6.92 Å². The Balaban J connectivity index is 1.56. The van der Waals surface area contributed by atoms with Crippen molar-refractivity contribution in [1.29, 1.82) is 0 Å². The number of fused-ring (bicyclic) bond motifs is 1. The van der Waals surface area contributed by atoms with Gasteiger partial charge >= 0.3 is 0 Å². The van der Waals surface area contributed by atoms with Crippen LogP contribution in [0.25, 0.3) is 0 Å². The molecule has 2 atom stereocenters. The highest BCUT2D eigenvalue weighted by molar-refractivity contribution is 4.94. The number of likely N-dealkylation sites (tertiary alicyclic amines) is 1. The molecule has 2 aliphatic heterocycles. The quantitative estimate of drug-likeness (QED) is 0.732. The Morgan fingerprint density at radius 1 is 1.00 bits per heavy atom. The summed E-state index contributed by atoms with van der Waals surface area (Å²) in [5, 5.41) is 3.72. The molecule has 0 aromatic heterocycles. The van der Waals surface area contributed by atoms with Crippen LogP contribution in [0.2, 0.25) is 0 Å². The molecular weight excluding hydrogens is 196 g/mol. The summed E-state index contributed by atoms with van der Waals surface area (Å²) in [6.07, 6.45) is 8.71. The molecule has 0 unspecified atom stereocenters. The van der Waals surface area contributed by atoms with Crippen LogP contribution in [-0.2, 0) is 0 Å². The van der Waals surface area contributed by atoms with Crippen LogP contribution < -0.4 is 5.32 Å². The molecule has 1 aliphatic carbocycles. The second-order valence-corrected chi connectivity index (χ2v) is 6.33. The predicted octanol–water partition coefficient (Wildman–Crippen LogP) is 2.25. The van der Waals surface area contributed by atoms with Crippen molar-refractivity contribution < 1.29 is 0 Å². The maximum Gasteiger partial charge on any atom is 0.0235 e. The molecule has 2 heterocycles. The van der Waals surface area contributed by atoms with E-state index in [4.69, 9.17) is 0 Å². The molecule has 0 amide bonds. The fraction of sp³-hybridized carbons (Fsp3) is 1.00. The predicted molar refractivity (Wildman–Crippen MR) is 67.5 cm³/mol. The van der Waals surface area contributed by atoms with Crippen molar-refractivity contribution in [3.63, 3.8) is 0 Å². The minimum Gasteiger partial charge on any atom is -0.312 e. The van der Waals surface area contributed by atoms with Gasteiger partial charge < -0.3 is 5.32 Å². The lowest BCUT2D eigenvalue weighted by Crippen LogP contribution is -2.41.